The molecular formula is C12H19N5OS. The number of amides is 1. The number of rotatable bonds is 4. The van der Waals surface area contributed by atoms with Crippen LogP contribution in [-0.2, 0) is 11.2 Å². The van der Waals surface area contributed by atoms with Gasteiger partial charge in [-0.2, -0.15) is 0 Å². The second kappa shape index (κ2) is 6.01. The monoisotopic (exact) mass is 281 g/mol. The molecule has 0 aromatic carbocycles. The Morgan fingerprint density at radius 1 is 1.63 bits per heavy atom. The third-order valence-corrected chi connectivity index (χ3v) is 4.11. The summed E-state index contributed by atoms with van der Waals surface area (Å²) in [7, 11) is 0. The van der Waals surface area contributed by atoms with E-state index in [4.69, 9.17) is 11.1 Å². The topological polar surface area (TPSA) is 104 Å². The van der Waals surface area contributed by atoms with Crippen LogP contribution in [0.25, 0.3) is 0 Å². The van der Waals surface area contributed by atoms with Crippen molar-refractivity contribution in [2.24, 2.45) is 5.73 Å². The normalized spacial score (nSPS) is 17.6. The minimum atomic E-state index is -0.158. The highest BCUT2D eigenvalue weighted by Crippen LogP contribution is 2.36. The van der Waals surface area contributed by atoms with Gasteiger partial charge in [-0.1, -0.05) is 6.92 Å². The lowest BCUT2D eigenvalue weighted by atomic mass is 9.90. The molecule has 0 unspecified atom stereocenters. The largest absolute Gasteiger partial charge is 0.370 e. The van der Waals surface area contributed by atoms with E-state index in [1.165, 1.54) is 11.3 Å². The summed E-state index contributed by atoms with van der Waals surface area (Å²) in [6.45, 7) is 2.73. The van der Waals surface area contributed by atoms with Gasteiger partial charge in [-0.3, -0.25) is 10.2 Å². The van der Waals surface area contributed by atoms with Crippen molar-refractivity contribution in [1.29, 1.82) is 5.41 Å². The molecule has 0 bridgehead atoms. The van der Waals surface area contributed by atoms with Gasteiger partial charge in [-0.15, -0.1) is 11.3 Å². The van der Waals surface area contributed by atoms with Crippen LogP contribution in [-0.4, -0.2) is 23.4 Å². The second-order valence-corrected chi connectivity index (χ2v) is 5.69. The molecule has 2 rings (SSSR count). The number of carbonyl (C=O) groups excluding carboxylic acids is 1. The highest BCUT2D eigenvalue weighted by Gasteiger charge is 2.30. The summed E-state index contributed by atoms with van der Waals surface area (Å²) < 4.78 is 0. The lowest BCUT2D eigenvalue weighted by Gasteiger charge is -2.20. The molecule has 0 spiro atoms. The second-order valence-electron chi connectivity index (χ2n) is 4.60. The molecule has 7 heteroatoms. The number of aryl methyl sites for hydroxylation is 1. The standard InChI is InChI=1S/C12H19N5OS/c1-2-6-15-10(18)7-4-3-5-8-9(7)16-12(19-8)17-11(13)14/h7H,2-6H2,1H3,(H,15,18)(H4,13,14,16,17)/t7-/m0/s1. The fourth-order valence-electron chi connectivity index (χ4n) is 2.21. The summed E-state index contributed by atoms with van der Waals surface area (Å²) >= 11 is 1.49. The zero-order valence-electron chi connectivity index (χ0n) is 11.0. The predicted octanol–water partition coefficient (Wildman–Crippen LogP) is 1.39. The van der Waals surface area contributed by atoms with Crippen LogP contribution in [0.5, 0.6) is 0 Å². The van der Waals surface area contributed by atoms with Gasteiger partial charge < -0.3 is 16.4 Å². The molecule has 1 aromatic rings. The fourth-order valence-corrected chi connectivity index (χ4v) is 3.29. The smallest absolute Gasteiger partial charge is 0.229 e. The Kier molecular flexibility index (Phi) is 4.36. The highest BCUT2D eigenvalue weighted by molar-refractivity contribution is 7.15. The Labute approximate surface area is 116 Å². The minimum Gasteiger partial charge on any atom is -0.370 e. The van der Waals surface area contributed by atoms with Crippen molar-refractivity contribution >= 4 is 28.3 Å². The summed E-state index contributed by atoms with van der Waals surface area (Å²) in [5, 5.41) is 13.5. The number of nitrogens with one attached hydrogen (secondary N) is 3. The molecule has 0 saturated heterocycles. The number of nitrogens with two attached hydrogens (primary N) is 1. The number of hydrogen-bond donors (Lipinski definition) is 4. The lowest BCUT2D eigenvalue weighted by molar-refractivity contribution is -0.122. The van der Waals surface area contributed by atoms with E-state index in [1.807, 2.05) is 6.92 Å². The van der Waals surface area contributed by atoms with Crippen LogP contribution in [0.1, 0.15) is 42.7 Å². The molecule has 1 aliphatic rings. The summed E-state index contributed by atoms with van der Waals surface area (Å²) in [6, 6.07) is 0. The van der Waals surface area contributed by atoms with Gasteiger partial charge in [0.1, 0.15) is 0 Å². The Morgan fingerprint density at radius 3 is 3.11 bits per heavy atom. The lowest BCUT2D eigenvalue weighted by Crippen LogP contribution is -2.31. The van der Waals surface area contributed by atoms with Crippen molar-refractivity contribution < 1.29 is 4.79 Å². The van der Waals surface area contributed by atoms with Gasteiger partial charge in [0.2, 0.25) is 5.91 Å². The molecule has 6 nitrogen and oxygen atoms in total. The number of carbonyl (C=O) groups is 1. The van der Waals surface area contributed by atoms with Gasteiger partial charge in [-0.25, -0.2) is 4.98 Å². The zero-order chi connectivity index (χ0) is 13.8. The van der Waals surface area contributed by atoms with E-state index < -0.39 is 0 Å². The Hall–Kier alpha value is -1.63. The molecular weight excluding hydrogens is 262 g/mol. The molecule has 0 fully saturated rings. The van der Waals surface area contributed by atoms with Gasteiger partial charge in [0.05, 0.1) is 11.6 Å². The van der Waals surface area contributed by atoms with Crippen molar-refractivity contribution in [3.05, 3.63) is 10.6 Å². The fraction of sp³-hybridized carbons (Fsp3) is 0.583. The summed E-state index contributed by atoms with van der Waals surface area (Å²) in [5.41, 5.74) is 6.16. The molecule has 1 aliphatic carbocycles. The molecule has 5 N–H and O–H groups in total. The van der Waals surface area contributed by atoms with E-state index in [9.17, 15) is 4.79 Å². The van der Waals surface area contributed by atoms with E-state index in [-0.39, 0.29) is 17.8 Å². The molecule has 0 saturated carbocycles. The first kappa shape index (κ1) is 13.8. The molecule has 1 atom stereocenters. The molecule has 1 heterocycles. The third kappa shape index (κ3) is 3.23. The van der Waals surface area contributed by atoms with Gasteiger partial charge >= 0.3 is 0 Å². The van der Waals surface area contributed by atoms with Crippen LogP contribution < -0.4 is 16.4 Å². The molecule has 0 aliphatic heterocycles. The van der Waals surface area contributed by atoms with Crippen molar-refractivity contribution in [3.8, 4) is 0 Å². The van der Waals surface area contributed by atoms with Crippen LogP contribution in [0.4, 0.5) is 5.13 Å². The average Bonchev–Trinajstić information content (AvgIpc) is 2.76. The number of hydrogen-bond acceptors (Lipinski definition) is 4. The molecule has 0 radical (unpaired) electrons. The van der Waals surface area contributed by atoms with Crippen LogP contribution in [0.2, 0.25) is 0 Å². The third-order valence-electron chi connectivity index (χ3n) is 3.06. The summed E-state index contributed by atoms with van der Waals surface area (Å²) in [4.78, 5) is 17.7. The highest BCUT2D eigenvalue weighted by atomic mass is 32.1. The number of nitrogens with zero attached hydrogens (tertiary/aromatic N) is 1. The first-order chi connectivity index (χ1) is 9.11. The van der Waals surface area contributed by atoms with Gasteiger partial charge in [0, 0.05) is 11.4 Å². The summed E-state index contributed by atoms with van der Waals surface area (Å²) in [6.07, 6.45) is 3.72. The first-order valence-electron chi connectivity index (χ1n) is 6.50. The maximum atomic E-state index is 12.1. The Morgan fingerprint density at radius 2 is 2.42 bits per heavy atom. The average molecular weight is 281 g/mol. The van der Waals surface area contributed by atoms with Crippen molar-refractivity contribution in [1.82, 2.24) is 10.3 Å². The van der Waals surface area contributed by atoms with E-state index >= 15 is 0 Å². The minimum absolute atomic E-state index is 0.0578. The number of guanidine groups is 1. The number of anilines is 1. The van der Waals surface area contributed by atoms with Gasteiger partial charge in [0.25, 0.3) is 0 Å². The van der Waals surface area contributed by atoms with Crippen LogP contribution in [0, 0.1) is 5.41 Å². The maximum absolute atomic E-state index is 12.1. The maximum Gasteiger partial charge on any atom is 0.229 e. The summed E-state index contributed by atoms with van der Waals surface area (Å²) in [5.74, 6) is -0.227. The van der Waals surface area contributed by atoms with E-state index in [1.54, 1.807) is 0 Å². The van der Waals surface area contributed by atoms with Crippen LogP contribution in [0.3, 0.4) is 0 Å². The van der Waals surface area contributed by atoms with Gasteiger partial charge in [0.15, 0.2) is 11.1 Å². The molecule has 1 aromatic heterocycles. The Balaban J connectivity index is 2.16. The van der Waals surface area contributed by atoms with Crippen LogP contribution in [0.15, 0.2) is 0 Å². The number of thiazole rings is 1. The predicted molar refractivity (Wildman–Crippen MR) is 76.6 cm³/mol. The number of fused-ring (bicyclic) bond motifs is 1. The van der Waals surface area contributed by atoms with Crippen molar-refractivity contribution in [3.63, 3.8) is 0 Å². The molecule has 104 valence electrons. The van der Waals surface area contributed by atoms with Gasteiger partial charge in [-0.05, 0) is 25.7 Å². The van der Waals surface area contributed by atoms with E-state index in [0.29, 0.717) is 11.7 Å². The van der Waals surface area contributed by atoms with Crippen molar-refractivity contribution in [2.75, 3.05) is 11.9 Å². The quantitative estimate of drug-likeness (QED) is 0.494. The molecule has 19 heavy (non-hydrogen) atoms. The van der Waals surface area contributed by atoms with Crippen LogP contribution >= 0.6 is 11.3 Å². The SMILES string of the molecule is CCCNC(=O)[C@H]1CCCc2sc(NC(=N)N)nc21. The molecule has 1 amide bonds. The Bertz CT molecular complexity index is 484. The number of aromatic nitrogens is 1. The zero-order valence-corrected chi connectivity index (χ0v) is 11.8. The van der Waals surface area contributed by atoms with E-state index in [2.05, 4.69) is 15.6 Å². The first-order valence-corrected chi connectivity index (χ1v) is 7.31. The van der Waals surface area contributed by atoms with E-state index in [0.717, 1.165) is 36.3 Å². The van der Waals surface area contributed by atoms with Crippen molar-refractivity contribution in [2.45, 2.75) is 38.5 Å².